The van der Waals surface area contributed by atoms with Crippen LogP contribution in [0.2, 0.25) is 0 Å². The first-order valence-electron chi connectivity index (χ1n) is 6.28. The predicted molar refractivity (Wildman–Crippen MR) is 73.6 cm³/mol. The van der Waals surface area contributed by atoms with Gasteiger partial charge in [-0.1, -0.05) is 55.5 Å². The Kier molecular flexibility index (Phi) is 1.69. The van der Waals surface area contributed by atoms with E-state index in [4.69, 9.17) is 0 Å². The Balaban J connectivity index is 2.37. The zero-order valence-electron chi connectivity index (χ0n) is 9.90. The fraction of sp³-hybridized carbons (Fsp3) is 0.176. The molecule has 0 radical (unpaired) electrons. The van der Waals surface area contributed by atoms with Crippen LogP contribution in [0.15, 0.2) is 48.5 Å². The molecule has 0 saturated heterocycles. The van der Waals surface area contributed by atoms with Crippen LogP contribution in [-0.2, 0) is 6.42 Å². The van der Waals surface area contributed by atoms with Crippen molar-refractivity contribution < 1.29 is 0 Å². The third-order valence-corrected chi connectivity index (χ3v) is 4.06. The predicted octanol–water partition coefficient (Wildman–Crippen LogP) is 4.65. The molecule has 82 valence electrons. The van der Waals surface area contributed by atoms with Gasteiger partial charge in [-0.15, -0.1) is 0 Å². The molecule has 0 spiro atoms. The lowest BCUT2D eigenvalue weighted by atomic mass is 9.81. The normalized spacial score (nSPS) is 18.1. The lowest BCUT2D eigenvalue weighted by Crippen LogP contribution is -2.05. The van der Waals surface area contributed by atoms with Gasteiger partial charge in [0.25, 0.3) is 0 Å². The largest absolute Gasteiger partial charge is 0.0614 e. The number of hydrogen-bond donors (Lipinski definition) is 0. The fourth-order valence-corrected chi connectivity index (χ4v) is 3.28. The van der Waals surface area contributed by atoms with Crippen molar-refractivity contribution >= 4 is 21.5 Å². The van der Waals surface area contributed by atoms with E-state index >= 15 is 0 Å². The molecule has 0 aromatic heterocycles. The summed E-state index contributed by atoms with van der Waals surface area (Å²) >= 11 is 0. The Hall–Kier alpha value is -1.82. The van der Waals surface area contributed by atoms with E-state index < -0.39 is 0 Å². The standard InChI is InChI=1S/C17H14/c1-11-10-14-6-2-4-12-8-9-13-5-3-7-15(11)17(13)16(12)14/h2-9,11H,10H2,1H3. The summed E-state index contributed by atoms with van der Waals surface area (Å²) in [6, 6.07) is 17.9. The zero-order valence-corrected chi connectivity index (χ0v) is 9.90. The summed E-state index contributed by atoms with van der Waals surface area (Å²) in [7, 11) is 0. The number of benzene rings is 3. The fourth-order valence-electron chi connectivity index (χ4n) is 3.28. The van der Waals surface area contributed by atoms with E-state index in [9.17, 15) is 0 Å². The molecular weight excluding hydrogens is 204 g/mol. The highest BCUT2D eigenvalue weighted by Crippen LogP contribution is 2.40. The van der Waals surface area contributed by atoms with Crippen molar-refractivity contribution in [3.8, 4) is 0 Å². The molecule has 1 aliphatic rings. The smallest absolute Gasteiger partial charge is 0.00677 e. The summed E-state index contributed by atoms with van der Waals surface area (Å²) in [5.41, 5.74) is 3.03. The van der Waals surface area contributed by atoms with E-state index in [0.29, 0.717) is 5.92 Å². The van der Waals surface area contributed by atoms with E-state index in [2.05, 4.69) is 55.5 Å². The molecule has 3 aromatic rings. The Labute approximate surface area is 101 Å². The molecule has 0 amide bonds. The van der Waals surface area contributed by atoms with Gasteiger partial charge in [-0.05, 0) is 45.0 Å². The summed E-state index contributed by atoms with van der Waals surface area (Å²) in [6.45, 7) is 2.34. The van der Waals surface area contributed by atoms with Crippen LogP contribution in [0.1, 0.15) is 24.0 Å². The van der Waals surface area contributed by atoms with Crippen molar-refractivity contribution in [2.45, 2.75) is 19.3 Å². The van der Waals surface area contributed by atoms with Crippen LogP contribution < -0.4 is 0 Å². The van der Waals surface area contributed by atoms with Crippen molar-refractivity contribution in [1.29, 1.82) is 0 Å². The quantitative estimate of drug-likeness (QED) is 0.482. The van der Waals surface area contributed by atoms with Crippen LogP contribution in [0, 0.1) is 0 Å². The van der Waals surface area contributed by atoms with E-state index in [1.807, 2.05) is 0 Å². The summed E-state index contributed by atoms with van der Waals surface area (Å²) < 4.78 is 0. The van der Waals surface area contributed by atoms with E-state index in [0.717, 1.165) is 0 Å². The highest BCUT2D eigenvalue weighted by Gasteiger charge is 2.19. The van der Waals surface area contributed by atoms with Gasteiger partial charge in [0.1, 0.15) is 0 Å². The molecule has 4 rings (SSSR count). The molecule has 0 bridgehead atoms. The molecular formula is C17H14. The number of rotatable bonds is 0. The third-order valence-electron chi connectivity index (χ3n) is 4.06. The highest BCUT2D eigenvalue weighted by molar-refractivity contribution is 6.11. The minimum atomic E-state index is 0.638. The van der Waals surface area contributed by atoms with Gasteiger partial charge in [-0.25, -0.2) is 0 Å². The maximum Gasteiger partial charge on any atom is -0.00677 e. The second-order valence-corrected chi connectivity index (χ2v) is 5.13. The Morgan fingerprint density at radius 1 is 0.824 bits per heavy atom. The van der Waals surface area contributed by atoms with Gasteiger partial charge in [0.2, 0.25) is 0 Å². The summed E-state index contributed by atoms with van der Waals surface area (Å²) in [5.74, 6) is 0.638. The molecule has 0 nitrogen and oxygen atoms in total. The zero-order chi connectivity index (χ0) is 11.4. The van der Waals surface area contributed by atoms with Crippen LogP contribution in [-0.4, -0.2) is 0 Å². The Morgan fingerprint density at radius 3 is 2.35 bits per heavy atom. The van der Waals surface area contributed by atoms with E-state index in [1.54, 1.807) is 0 Å². The lowest BCUT2D eigenvalue weighted by molar-refractivity contribution is 0.764. The average molecular weight is 218 g/mol. The first kappa shape index (κ1) is 9.23. The van der Waals surface area contributed by atoms with Crippen molar-refractivity contribution in [2.75, 3.05) is 0 Å². The first-order valence-corrected chi connectivity index (χ1v) is 6.28. The second-order valence-electron chi connectivity index (χ2n) is 5.13. The summed E-state index contributed by atoms with van der Waals surface area (Å²) in [4.78, 5) is 0. The maximum absolute atomic E-state index is 2.34. The van der Waals surface area contributed by atoms with Crippen molar-refractivity contribution in [3.63, 3.8) is 0 Å². The summed E-state index contributed by atoms with van der Waals surface area (Å²) in [6.07, 6.45) is 1.17. The third kappa shape index (κ3) is 1.13. The molecule has 0 saturated carbocycles. The average Bonchev–Trinajstić information content (AvgIpc) is 2.37. The molecule has 3 aromatic carbocycles. The molecule has 0 heteroatoms. The topological polar surface area (TPSA) is 0 Å². The van der Waals surface area contributed by atoms with Crippen molar-refractivity contribution in [3.05, 3.63) is 59.7 Å². The van der Waals surface area contributed by atoms with Crippen LogP contribution in [0.4, 0.5) is 0 Å². The van der Waals surface area contributed by atoms with Gasteiger partial charge in [-0.3, -0.25) is 0 Å². The molecule has 1 atom stereocenters. The molecule has 0 N–H and O–H groups in total. The van der Waals surface area contributed by atoms with Gasteiger partial charge in [-0.2, -0.15) is 0 Å². The van der Waals surface area contributed by atoms with Gasteiger partial charge in [0.15, 0.2) is 0 Å². The molecule has 0 heterocycles. The summed E-state index contributed by atoms with van der Waals surface area (Å²) in [5, 5.41) is 5.74. The molecule has 17 heavy (non-hydrogen) atoms. The van der Waals surface area contributed by atoms with Gasteiger partial charge in [0, 0.05) is 0 Å². The molecule has 0 aliphatic heterocycles. The van der Waals surface area contributed by atoms with Gasteiger partial charge < -0.3 is 0 Å². The van der Waals surface area contributed by atoms with E-state index in [1.165, 1.54) is 39.1 Å². The maximum atomic E-state index is 2.34. The highest BCUT2D eigenvalue weighted by atomic mass is 14.2. The first-order chi connectivity index (χ1) is 8.34. The molecule has 0 fully saturated rings. The van der Waals surface area contributed by atoms with Crippen LogP contribution in [0.3, 0.4) is 0 Å². The monoisotopic (exact) mass is 218 g/mol. The van der Waals surface area contributed by atoms with Gasteiger partial charge >= 0.3 is 0 Å². The minimum Gasteiger partial charge on any atom is -0.0614 e. The van der Waals surface area contributed by atoms with Crippen LogP contribution >= 0.6 is 0 Å². The molecule has 1 unspecified atom stereocenters. The Morgan fingerprint density at radius 2 is 1.53 bits per heavy atom. The van der Waals surface area contributed by atoms with Crippen LogP contribution in [0.25, 0.3) is 21.5 Å². The second kappa shape index (κ2) is 3.10. The van der Waals surface area contributed by atoms with E-state index in [-0.39, 0.29) is 0 Å². The SMILES string of the molecule is CC1Cc2cccc3ccc4cccc1c4c23. The number of hydrogen-bond acceptors (Lipinski definition) is 0. The molecule has 1 aliphatic carbocycles. The van der Waals surface area contributed by atoms with Gasteiger partial charge in [0.05, 0.1) is 0 Å². The lowest BCUT2D eigenvalue weighted by Gasteiger charge is -2.23. The van der Waals surface area contributed by atoms with Crippen molar-refractivity contribution in [1.82, 2.24) is 0 Å². The van der Waals surface area contributed by atoms with Crippen LogP contribution in [0.5, 0.6) is 0 Å². The van der Waals surface area contributed by atoms with Crippen molar-refractivity contribution in [2.24, 2.45) is 0 Å². The minimum absolute atomic E-state index is 0.638. The Bertz CT molecular complexity index is 737.